The second kappa shape index (κ2) is 7.03. The molecule has 0 bridgehead atoms. The zero-order chi connectivity index (χ0) is 19.1. The molecular weight excluding hydrogens is 402 g/mol. The Morgan fingerprint density at radius 2 is 2.19 bits per heavy atom. The lowest BCUT2D eigenvalue weighted by Crippen LogP contribution is -2.35. The number of carbonyl (C=O) groups is 1. The number of hydrogen-bond donors (Lipinski definition) is 1. The van der Waals surface area contributed by atoms with Crippen molar-refractivity contribution >= 4 is 33.4 Å². The third-order valence-corrected chi connectivity index (χ3v) is 5.20. The molecule has 1 saturated heterocycles. The van der Waals surface area contributed by atoms with E-state index in [1.54, 1.807) is 12.0 Å². The van der Waals surface area contributed by atoms with Gasteiger partial charge in [0.05, 0.1) is 16.8 Å². The van der Waals surface area contributed by atoms with Gasteiger partial charge in [-0.25, -0.2) is 14.3 Å². The maximum Gasteiger partial charge on any atom is 0.410 e. The van der Waals surface area contributed by atoms with Crippen LogP contribution in [0.15, 0.2) is 10.8 Å². The van der Waals surface area contributed by atoms with Crippen molar-refractivity contribution in [3.05, 3.63) is 22.1 Å². The molecular formula is C17H24BrN5O3. The van der Waals surface area contributed by atoms with Gasteiger partial charge in [-0.3, -0.25) is 0 Å². The molecule has 2 aromatic rings. The van der Waals surface area contributed by atoms with Gasteiger partial charge in [-0.2, -0.15) is 5.10 Å². The molecule has 1 unspecified atom stereocenters. The molecule has 142 valence electrons. The van der Waals surface area contributed by atoms with E-state index in [9.17, 15) is 4.79 Å². The predicted octanol–water partition coefficient (Wildman–Crippen LogP) is 2.94. The van der Waals surface area contributed by atoms with Gasteiger partial charge in [-0.05, 0) is 43.1 Å². The lowest BCUT2D eigenvalue weighted by atomic mass is 10.0. The smallest absolute Gasteiger partial charge is 0.410 e. The average molecular weight is 426 g/mol. The second-order valence-electron chi connectivity index (χ2n) is 7.43. The lowest BCUT2D eigenvalue weighted by molar-refractivity contribution is 0.0292. The van der Waals surface area contributed by atoms with Crippen molar-refractivity contribution in [3.8, 4) is 0 Å². The number of anilines is 1. The molecule has 2 aromatic heterocycles. The van der Waals surface area contributed by atoms with Gasteiger partial charge in [0, 0.05) is 31.7 Å². The van der Waals surface area contributed by atoms with Crippen LogP contribution in [0.25, 0.3) is 5.52 Å². The molecule has 1 aliphatic heterocycles. The van der Waals surface area contributed by atoms with E-state index in [1.165, 1.54) is 6.33 Å². The quantitative estimate of drug-likeness (QED) is 0.811. The Bertz CT molecular complexity index is 830. The highest BCUT2D eigenvalue weighted by molar-refractivity contribution is 9.10. The number of nitrogens with two attached hydrogens (primary N) is 1. The molecule has 1 amide bonds. The zero-order valence-electron chi connectivity index (χ0n) is 15.5. The Morgan fingerprint density at radius 3 is 2.85 bits per heavy atom. The number of rotatable bonds is 3. The van der Waals surface area contributed by atoms with E-state index in [0.717, 1.165) is 27.7 Å². The summed E-state index contributed by atoms with van der Waals surface area (Å²) in [7, 11) is 1.65. The molecule has 0 radical (unpaired) electrons. The fourth-order valence-electron chi connectivity index (χ4n) is 3.32. The number of amides is 1. The summed E-state index contributed by atoms with van der Waals surface area (Å²) in [5, 5.41) is 4.38. The minimum absolute atomic E-state index is 0.112. The highest BCUT2D eigenvalue weighted by atomic mass is 79.9. The molecule has 0 saturated carbocycles. The van der Waals surface area contributed by atoms with Crippen LogP contribution in [0.3, 0.4) is 0 Å². The molecule has 3 heterocycles. The largest absolute Gasteiger partial charge is 0.444 e. The first-order chi connectivity index (χ1) is 12.2. The van der Waals surface area contributed by atoms with Crippen molar-refractivity contribution in [3.63, 3.8) is 0 Å². The van der Waals surface area contributed by atoms with Gasteiger partial charge in [0.1, 0.15) is 17.4 Å². The van der Waals surface area contributed by atoms with Gasteiger partial charge < -0.3 is 20.1 Å². The van der Waals surface area contributed by atoms with Gasteiger partial charge in [0.25, 0.3) is 0 Å². The van der Waals surface area contributed by atoms with Crippen molar-refractivity contribution in [1.82, 2.24) is 19.5 Å². The van der Waals surface area contributed by atoms with Crippen LogP contribution in [0, 0.1) is 0 Å². The Balaban J connectivity index is 1.95. The van der Waals surface area contributed by atoms with Crippen molar-refractivity contribution in [1.29, 1.82) is 0 Å². The molecule has 26 heavy (non-hydrogen) atoms. The van der Waals surface area contributed by atoms with E-state index >= 15 is 0 Å². The fourth-order valence-corrected chi connectivity index (χ4v) is 4.00. The minimum atomic E-state index is -0.511. The highest BCUT2D eigenvalue weighted by Crippen LogP contribution is 2.38. The van der Waals surface area contributed by atoms with Gasteiger partial charge in [-0.1, -0.05) is 0 Å². The summed E-state index contributed by atoms with van der Waals surface area (Å²) < 4.78 is 13.5. The summed E-state index contributed by atoms with van der Waals surface area (Å²) in [5.41, 5.74) is 8.24. The van der Waals surface area contributed by atoms with Crippen LogP contribution < -0.4 is 5.73 Å². The van der Waals surface area contributed by atoms with Crippen LogP contribution in [0.4, 0.5) is 10.6 Å². The Kier molecular flexibility index (Phi) is 5.12. The molecule has 1 atom stereocenters. The number of ether oxygens (including phenoxy) is 2. The molecule has 1 fully saturated rings. The van der Waals surface area contributed by atoms with Gasteiger partial charge in [-0.15, -0.1) is 0 Å². The topological polar surface area (TPSA) is 95.0 Å². The van der Waals surface area contributed by atoms with Crippen molar-refractivity contribution in [2.45, 2.75) is 45.3 Å². The van der Waals surface area contributed by atoms with Crippen LogP contribution in [0.1, 0.15) is 44.4 Å². The minimum Gasteiger partial charge on any atom is -0.444 e. The van der Waals surface area contributed by atoms with Gasteiger partial charge in [0.2, 0.25) is 0 Å². The number of likely N-dealkylation sites (tertiary alicyclic amines) is 1. The Hall–Kier alpha value is -1.87. The number of hydrogen-bond acceptors (Lipinski definition) is 6. The van der Waals surface area contributed by atoms with Crippen molar-refractivity contribution in [2.24, 2.45) is 0 Å². The zero-order valence-corrected chi connectivity index (χ0v) is 17.0. The first-order valence-corrected chi connectivity index (χ1v) is 9.28. The van der Waals surface area contributed by atoms with Crippen LogP contribution in [-0.2, 0) is 16.1 Å². The summed E-state index contributed by atoms with van der Waals surface area (Å²) in [6.45, 7) is 7.22. The molecule has 3 rings (SSSR count). The third kappa shape index (κ3) is 3.50. The maximum atomic E-state index is 12.4. The highest BCUT2D eigenvalue weighted by Gasteiger charge is 2.34. The molecule has 0 aromatic carbocycles. The number of nitrogens with zero attached hydrogens (tertiary/aromatic N) is 4. The SMILES string of the molecule is COCc1c(Br)c2c(N)ncnn2c1C1CCN(C(=O)OC(C)(C)C)C1. The summed E-state index contributed by atoms with van der Waals surface area (Å²) in [6, 6.07) is 0. The van der Waals surface area contributed by atoms with Crippen molar-refractivity contribution in [2.75, 3.05) is 25.9 Å². The Labute approximate surface area is 160 Å². The van der Waals surface area contributed by atoms with E-state index < -0.39 is 5.60 Å². The molecule has 0 aliphatic carbocycles. The summed E-state index contributed by atoms with van der Waals surface area (Å²) in [5.74, 6) is 0.512. The van der Waals surface area contributed by atoms with Crippen LogP contribution in [0.2, 0.25) is 0 Å². The van der Waals surface area contributed by atoms with E-state index in [1.807, 2.05) is 25.3 Å². The van der Waals surface area contributed by atoms with Crippen LogP contribution >= 0.6 is 15.9 Å². The summed E-state index contributed by atoms with van der Waals surface area (Å²) >= 11 is 3.62. The van der Waals surface area contributed by atoms with E-state index in [2.05, 4.69) is 26.0 Å². The summed E-state index contributed by atoms with van der Waals surface area (Å²) in [6.07, 6.45) is 1.97. The number of fused-ring (bicyclic) bond motifs is 1. The van der Waals surface area contributed by atoms with E-state index in [-0.39, 0.29) is 12.0 Å². The van der Waals surface area contributed by atoms with Crippen LogP contribution in [0.5, 0.6) is 0 Å². The number of carbonyl (C=O) groups excluding carboxylic acids is 1. The lowest BCUT2D eigenvalue weighted by Gasteiger charge is -2.24. The molecule has 1 aliphatic rings. The predicted molar refractivity (Wildman–Crippen MR) is 101 cm³/mol. The standard InChI is InChI=1S/C17H24BrN5O3/c1-17(2,3)26-16(24)22-6-5-10(7-22)13-11(8-25-4)12(18)14-15(19)20-9-21-23(13)14/h9-10H,5-8H2,1-4H3,(H2,19,20,21). The molecule has 9 heteroatoms. The first-order valence-electron chi connectivity index (χ1n) is 8.49. The number of nitrogen functional groups attached to an aromatic ring is 1. The maximum absolute atomic E-state index is 12.4. The van der Waals surface area contributed by atoms with Gasteiger partial charge in [0.15, 0.2) is 5.82 Å². The second-order valence-corrected chi connectivity index (χ2v) is 8.22. The summed E-state index contributed by atoms with van der Waals surface area (Å²) in [4.78, 5) is 18.2. The Morgan fingerprint density at radius 1 is 1.46 bits per heavy atom. The number of methoxy groups -OCH3 is 1. The number of aromatic nitrogens is 3. The van der Waals surface area contributed by atoms with Crippen LogP contribution in [-0.4, -0.2) is 51.4 Å². The molecule has 0 spiro atoms. The van der Waals surface area contributed by atoms with E-state index in [4.69, 9.17) is 15.2 Å². The molecule has 2 N–H and O–H groups in total. The third-order valence-electron chi connectivity index (χ3n) is 4.34. The molecule has 8 nitrogen and oxygen atoms in total. The van der Waals surface area contributed by atoms with Crippen molar-refractivity contribution < 1.29 is 14.3 Å². The van der Waals surface area contributed by atoms with Gasteiger partial charge >= 0.3 is 6.09 Å². The monoisotopic (exact) mass is 425 g/mol. The number of halogens is 1. The normalized spacial score (nSPS) is 17.9. The average Bonchev–Trinajstić information content (AvgIpc) is 3.11. The fraction of sp³-hybridized carbons (Fsp3) is 0.588. The first kappa shape index (κ1) is 18.9. The van der Waals surface area contributed by atoms with E-state index in [0.29, 0.717) is 25.5 Å².